The third-order valence-electron chi connectivity index (χ3n) is 6.75. The van der Waals surface area contributed by atoms with Gasteiger partial charge >= 0.3 is 0 Å². The lowest BCUT2D eigenvalue weighted by molar-refractivity contribution is -0.146. The van der Waals surface area contributed by atoms with Crippen LogP contribution in [-0.2, 0) is 27.2 Å². The smallest absolute Gasteiger partial charge is 0.286 e. The van der Waals surface area contributed by atoms with Gasteiger partial charge in [0, 0.05) is 25.5 Å². The average Bonchev–Trinajstić information content (AvgIpc) is 3.28. The molecule has 36 heavy (non-hydrogen) atoms. The van der Waals surface area contributed by atoms with Crippen molar-refractivity contribution in [2.45, 2.75) is 44.4 Å². The average molecular weight is 488 g/mol. The fraction of sp³-hybridized carbons (Fsp3) is 0.300. The van der Waals surface area contributed by atoms with Crippen LogP contribution in [0.3, 0.4) is 0 Å². The molecule has 0 bridgehead atoms. The lowest BCUT2D eigenvalue weighted by Crippen LogP contribution is -2.32. The highest BCUT2D eigenvalue weighted by atomic mass is 19.1. The number of halogens is 1. The van der Waals surface area contributed by atoms with Crippen LogP contribution in [-0.4, -0.2) is 30.5 Å². The molecule has 2 aliphatic rings. The Kier molecular flexibility index (Phi) is 7.44. The largest absolute Gasteiger partial charge is 0.459 e. The standard InChI is InChI=1S/C30H30FNO4/c31-25-10-7-20(8-11-25)19-32-30(34)28-17-23(18-29(36-28)35-14-4-3-13-33)21-9-12-27-24(15-21)16-22-5-1-2-6-26(22)27/h1-2,5-12,15,17,23,29,33H,3-4,13-14,16,18-19H2,(H,32,34)/t23-,29+/m0/s1. The van der Waals surface area contributed by atoms with Crippen LogP contribution in [0.15, 0.2) is 78.6 Å². The van der Waals surface area contributed by atoms with Crippen LogP contribution in [0.4, 0.5) is 4.39 Å². The number of allylic oxidation sites excluding steroid dienone is 1. The second kappa shape index (κ2) is 11.1. The number of ether oxygens (including phenoxy) is 2. The number of hydrogen-bond acceptors (Lipinski definition) is 4. The number of benzene rings is 3. The van der Waals surface area contributed by atoms with Crippen LogP contribution < -0.4 is 5.32 Å². The quantitative estimate of drug-likeness (QED) is 0.318. The molecule has 0 fully saturated rings. The number of carbonyl (C=O) groups excluding carboxylic acids is 1. The van der Waals surface area contributed by atoms with Crippen molar-refractivity contribution in [3.8, 4) is 11.1 Å². The first kappa shape index (κ1) is 24.2. The summed E-state index contributed by atoms with van der Waals surface area (Å²) in [6.07, 6.45) is 4.18. The summed E-state index contributed by atoms with van der Waals surface area (Å²) in [5.74, 6) is -0.460. The summed E-state index contributed by atoms with van der Waals surface area (Å²) in [5.41, 5.74) is 7.09. The minimum Gasteiger partial charge on any atom is -0.459 e. The molecule has 1 heterocycles. The molecule has 5 nitrogen and oxygen atoms in total. The summed E-state index contributed by atoms with van der Waals surface area (Å²) in [4.78, 5) is 13.0. The fourth-order valence-corrected chi connectivity index (χ4v) is 4.85. The van der Waals surface area contributed by atoms with Crippen LogP contribution in [0, 0.1) is 5.82 Å². The van der Waals surface area contributed by atoms with Crippen LogP contribution in [0.2, 0.25) is 0 Å². The first-order chi connectivity index (χ1) is 17.6. The number of hydrogen-bond donors (Lipinski definition) is 2. The molecule has 1 aliphatic carbocycles. The maximum Gasteiger partial charge on any atom is 0.286 e. The Labute approximate surface area is 210 Å². The van der Waals surface area contributed by atoms with Gasteiger partial charge in [0.2, 0.25) is 6.29 Å². The second-order valence-corrected chi connectivity index (χ2v) is 9.28. The van der Waals surface area contributed by atoms with Crippen molar-refractivity contribution in [2.24, 2.45) is 0 Å². The van der Waals surface area contributed by atoms with Crippen molar-refractivity contribution in [3.63, 3.8) is 0 Å². The van der Waals surface area contributed by atoms with Crippen LogP contribution in [0.25, 0.3) is 11.1 Å². The zero-order valence-electron chi connectivity index (χ0n) is 20.1. The van der Waals surface area contributed by atoms with Crippen molar-refractivity contribution in [1.29, 1.82) is 0 Å². The summed E-state index contributed by atoms with van der Waals surface area (Å²) in [6, 6.07) is 21.0. The molecule has 5 rings (SSSR count). The van der Waals surface area contributed by atoms with Crippen LogP contribution in [0.1, 0.15) is 47.4 Å². The molecule has 0 saturated carbocycles. The minimum atomic E-state index is -0.560. The maximum atomic E-state index is 13.2. The molecular weight excluding hydrogens is 457 g/mol. The number of unbranched alkanes of at least 4 members (excludes halogenated alkanes) is 1. The van der Waals surface area contributed by atoms with Crippen molar-refractivity contribution >= 4 is 5.91 Å². The Morgan fingerprint density at radius 2 is 1.83 bits per heavy atom. The third-order valence-corrected chi connectivity index (χ3v) is 6.75. The van der Waals surface area contributed by atoms with Gasteiger partial charge in [-0.3, -0.25) is 4.79 Å². The number of aliphatic hydroxyl groups is 1. The first-order valence-electron chi connectivity index (χ1n) is 12.5. The molecular formula is C30H30FNO4. The summed E-state index contributed by atoms with van der Waals surface area (Å²) < 4.78 is 25.1. The molecule has 2 atom stereocenters. The third kappa shape index (κ3) is 5.50. The Hall–Kier alpha value is -3.48. The van der Waals surface area contributed by atoms with Crippen LogP contribution >= 0.6 is 0 Å². The van der Waals surface area contributed by atoms with Gasteiger partial charge in [-0.05, 0) is 70.9 Å². The first-order valence-corrected chi connectivity index (χ1v) is 12.5. The molecule has 3 aromatic rings. The summed E-state index contributed by atoms with van der Waals surface area (Å²) in [7, 11) is 0. The summed E-state index contributed by atoms with van der Waals surface area (Å²) in [5, 5.41) is 11.9. The summed E-state index contributed by atoms with van der Waals surface area (Å²) >= 11 is 0. The molecule has 1 aliphatic heterocycles. The van der Waals surface area contributed by atoms with E-state index in [0.717, 1.165) is 17.5 Å². The van der Waals surface area contributed by atoms with Gasteiger partial charge in [0.15, 0.2) is 5.76 Å². The van der Waals surface area contributed by atoms with Gasteiger partial charge in [0.05, 0.1) is 6.61 Å². The molecule has 0 saturated heterocycles. The van der Waals surface area contributed by atoms with E-state index in [9.17, 15) is 9.18 Å². The SMILES string of the molecule is O=C(NCc1ccc(F)cc1)C1=C[C@H](c2ccc3c(c2)Cc2ccccc2-3)C[C@H](OCCCCO)O1. The number of rotatable bonds is 9. The van der Waals surface area contributed by atoms with E-state index in [4.69, 9.17) is 14.6 Å². The normalized spacial score (nSPS) is 18.1. The van der Waals surface area contributed by atoms with Crippen molar-refractivity contribution < 1.29 is 23.8 Å². The van der Waals surface area contributed by atoms with E-state index < -0.39 is 6.29 Å². The van der Waals surface area contributed by atoms with E-state index in [-0.39, 0.29) is 36.6 Å². The van der Waals surface area contributed by atoms with E-state index >= 15 is 0 Å². The van der Waals surface area contributed by atoms with Crippen molar-refractivity contribution in [3.05, 3.63) is 107 Å². The van der Waals surface area contributed by atoms with Gasteiger partial charge in [0.1, 0.15) is 5.82 Å². The Bertz CT molecular complexity index is 1250. The molecule has 0 radical (unpaired) electrons. The monoisotopic (exact) mass is 487 g/mol. The maximum absolute atomic E-state index is 13.2. The van der Waals surface area contributed by atoms with E-state index in [2.05, 4.69) is 47.8 Å². The Morgan fingerprint density at radius 3 is 2.67 bits per heavy atom. The molecule has 186 valence electrons. The van der Waals surface area contributed by atoms with E-state index in [1.54, 1.807) is 12.1 Å². The molecule has 0 unspecified atom stereocenters. The predicted molar refractivity (Wildman–Crippen MR) is 136 cm³/mol. The van der Waals surface area contributed by atoms with Crippen molar-refractivity contribution in [1.82, 2.24) is 5.32 Å². The Balaban J connectivity index is 1.34. The lowest BCUT2D eigenvalue weighted by atomic mass is 9.90. The minimum absolute atomic E-state index is 0.0397. The lowest BCUT2D eigenvalue weighted by Gasteiger charge is -2.29. The highest BCUT2D eigenvalue weighted by Crippen LogP contribution is 2.39. The molecule has 0 spiro atoms. The van der Waals surface area contributed by atoms with E-state index in [1.807, 2.05) is 6.08 Å². The topological polar surface area (TPSA) is 67.8 Å². The molecule has 3 aromatic carbocycles. The van der Waals surface area contributed by atoms with Gasteiger partial charge in [0.25, 0.3) is 5.91 Å². The van der Waals surface area contributed by atoms with Gasteiger partial charge in [-0.15, -0.1) is 0 Å². The number of carbonyl (C=O) groups is 1. The highest BCUT2D eigenvalue weighted by molar-refractivity contribution is 5.91. The van der Waals surface area contributed by atoms with Gasteiger partial charge < -0.3 is 19.9 Å². The number of aliphatic hydroxyl groups excluding tert-OH is 1. The Morgan fingerprint density at radius 1 is 1.03 bits per heavy atom. The zero-order valence-corrected chi connectivity index (χ0v) is 20.1. The van der Waals surface area contributed by atoms with Crippen molar-refractivity contribution in [2.75, 3.05) is 13.2 Å². The predicted octanol–water partition coefficient (Wildman–Crippen LogP) is 5.22. The van der Waals surface area contributed by atoms with Gasteiger partial charge in [-0.2, -0.15) is 0 Å². The number of fused-ring (bicyclic) bond motifs is 3. The molecule has 0 aromatic heterocycles. The number of amides is 1. The zero-order chi connectivity index (χ0) is 24.9. The van der Waals surface area contributed by atoms with Crippen LogP contribution in [0.5, 0.6) is 0 Å². The number of nitrogens with one attached hydrogen (secondary N) is 1. The molecule has 6 heteroatoms. The molecule has 1 amide bonds. The molecule has 2 N–H and O–H groups in total. The van der Waals surface area contributed by atoms with Gasteiger partial charge in [-0.25, -0.2) is 4.39 Å². The van der Waals surface area contributed by atoms with E-state index in [0.29, 0.717) is 25.9 Å². The second-order valence-electron chi connectivity index (χ2n) is 9.28. The fourth-order valence-electron chi connectivity index (χ4n) is 4.85. The summed E-state index contributed by atoms with van der Waals surface area (Å²) in [6.45, 7) is 0.831. The van der Waals surface area contributed by atoms with E-state index in [1.165, 1.54) is 34.4 Å². The van der Waals surface area contributed by atoms with Gasteiger partial charge in [-0.1, -0.05) is 54.6 Å². The highest BCUT2D eigenvalue weighted by Gasteiger charge is 2.29.